The van der Waals surface area contributed by atoms with Crippen LogP contribution in [0.5, 0.6) is 11.7 Å². The van der Waals surface area contributed by atoms with Crippen molar-refractivity contribution >= 4 is 6.29 Å². The quantitative estimate of drug-likeness (QED) is 0.404. The predicted molar refractivity (Wildman–Crippen MR) is 48.7 cm³/mol. The van der Waals surface area contributed by atoms with Gasteiger partial charge < -0.3 is 13.9 Å². The van der Waals surface area contributed by atoms with Crippen molar-refractivity contribution in [1.82, 2.24) is 0 Å². The lowest BCUT2D eigenvalue weighted by atomic mass is 10.3. The van der Waals surface area contributed by atoms with Gasteiger partial charge in [-0.25, -0.2) is 0 Å². The van der Waals surface area contributed by atoms with Gasteiger partial charge in [-0.3, -0.25) is 4.79 Å². The number of furan rings is 1. The number of hydrogen-bond acceptors (Lipinski definition) is 4. The lowest BCUT2D eigenvalue weighted by Crippen LogP contribution is -1.96. The highest BCUT2D eigenvalue weighted by atomic mass is 16.7. The Morgan fingerprint density at radius 1 is 1.50 bits per heavy atom. The van der Waals surface area contributed by atoms with Crippen molar-refractivity contribution in [3.05, 3.63) is 11.3 Å². The highest BCUT2D eigenvalue weighted by molar-refractivity contribution is 5.78. The second kappa shape index (κ2) is 3.84. The summed E-state index contributed by atoms with van der Waals surface area (Å²) in [6.45, 7) is 3.20. The molecular weight excluding hydrogens is 184 g/mol. The second-order valence-corrected chi connectivity index (χ2v) is 3.19. The van der Waals surface area contributed by atoms with Crippen molar-refractivity contribution in [2.45, 2.75) is 26.4 Å². The summed E-state index contributed by atoms with van der Waals surface area (Å²) in [5.74, 6) is 1.47. The Hall–Kier alpha value is -1.29. The summed E-state index contributed by atoms with van der Waals surface area (Å²) in [7, 11) is 0. The number of aldehydes is 1. The molecule has 0 radical (unpaired) electrons. The Morgan fingerprint density at radius 2 is 2.36 bits per heavy atom. The molecule has 1 aromatic heterocycles. The van der Waals surface area contributed by atoms with E-state index in [9.17, 15) is 4.79 Å². The molecule has 0 N–H and O–H groups in total. The van der Waals surface area contributed by atoms with Crippen molar-refractivity contribution in [3.8, 4) is 11.7 Å². The molecule has 2 rings (SSSR count). The molecule has 0 aromatic carbocycles. The van der Waals surface area contributed by atoms with Crippen LogP contribution in [0.2, 0.25) is 0 Å². The largest absolute Gasteiger partial charge is 0.419 e. The zero-order valence-corrected chi connectivity index (χ0v) is 8.04. The summed E-state index contributed by atoms with van der Waals surface area (Å²) in [4.78, 5) is 10.6. The maximum Gasteiger partial charge on any atom is 0.336 e. The fourth-order valence-electron chi connectivity index (χ4n) is 1.25. The van der Waals surface area contributed by atoms with Crippen LogP contribution in [-0.2, 0) is 11.3 Å². The Morgan fingerprint density at radius 3 is 3.07 bits per heavy atom. The number of carbonyl (C=O) groups excluding carboxylic acids is 1. The minimum Gasteiger partial charge on any atom is -0.419 e. The molecule has 1 aliphatic heterocycles. The summed E-state index contributed by atoms with van der Waals surface area (Å²) in [6.07, 6.45) is 2.81. The third kappa shape index (κ3) is 1.65. The molecule has 0 saturated heterocycles. The summed E-state index contributed by atoms with van der Waals surface area (Å²) in [5.41, 5.74) is 0.742. The molecule has 2 heterocycles. The van der Waals surface area contributed by atoms with Gasteiger partial charge in [0, 0.05) is 6.61 Å². The van der Waals surface area contributed by atoms with E-state index in [4.69, 9.17) is 13.9 Å². The highest BCUT2D eigenvalue weighted by Gasteiger charge is 2.34. The van der Waals surface area contributed by atoms with Crippen LogP contribution in [-0.4, -0.2) is 12.9 Å². The lowest BCUT2D eigenvalue weighted by Gasteiger charge is -2.01. The third-order valence-electron chi connectivity index (χ3n) is 2.11. The summed E-state index contributed by atoms with van der Waals surface area (Å²) >= 11 is 0. The molecule has 4 nitrogen and oxygen atoms in total. The van der Waals surface area contributed by atoms with Crippen LogP contribution in [0.25, 0.3) is 0 Å². The third-order valence-corrected chi connectivity index (χ3v) is 2.11. The van der Waals surface area contributed by atoms with Crippen LogP contribution >= 0.6 is 0 Å². The minimum absolute atomic E-state index is 0.331. The number of fused-ring (bicyclic) bond motifs is 1. The maximum absolute atomic E-state index is 10.6. The van der Waals surface area contributed by atoms with E-state index in [1.807, 2.05) is 0 Å². The van der Waals surface area contributed by atoms with E-state index in [1.54, 1.807) is 0 Å². The van der Waals surface area contributed by atoms with E-state index in [0.29, 0.717) is 37.0 Å². The monoisotopic (exact) mass is 196 g/mol. The fourth-order valence-corrected chi connectivity index (χ4v) is 1.25. The van der Waals surface area contributed by atoms with Gasteiger partial charge in [0.15, 0.2) is 12.0 Å². The van der Waals surface area contributed by atoms with E-state index >= 15 is 0 Å². The molecule has 1 aliphatic rings. The van der Waals surface area contributed by atoms with Crippen LogP contribution in [0, 0.1) is 0 Å². The molecular formula is C10H12O4. The number of hydrogen-bond donors (Lipinski definition) is 0. The molecule has 0 atom stereocenters. The number of ether oxygens (including phenoxy) is 2. The second-order valence-electron chi connectivity index (χ2n) is 3.19. The van der Waals surface area contributed by atoms with E-state index in [1.165, 1.54) is 0 Å². The first-order chi connectivity index (χ1) is 6.86. The number of unbranched alkanes of at least 4 members (excludes halogenated alkanes) is 1. The molecule has 0 unspecified atom stereocenters. The van der Waals surface area contributed by atoms with Crippen LogP contribution in [0.4, 0.5) is 0 Å². The van der Waals surface area contributed by atoms with E-state index in [0.717, 1.165) is 18.4 Å². The van der Waals surface area contributed by atoms with Gasteiger partial charge in [-0.05, 0) is 6.42 Å². The molecule has 0 bridgehead atoms. The van der Waals surface area contributed by atoms with Crippen LogP contribution in [0.15, 0.2) is 4.42 Å². The topological polar surface area (TPSA) is 52.0 Å². The van der Waals surface area contributed by atoms with Gasteiger partial charge in [-0.15, -0.1) is 0 Å². The molecule has 0 amide bonds. The van der Waals surface area contributed by atoms with Gasteiger partial charge in [0.1, 0.15) is 0 Å². The van der Waals surface area contributed by atoms with Gasteiger partial charge in [-0.1, -0.05) is 13.3 Å². The van der Waals surface area contributed by atoms with E-state index in [2.05, 4.69) is 6.92 Å². The predicted octanol–water partition coefficient (Wildman–Crippen LogP) is 2.51. The van der Waals surface area contributed by atoms with E-state index in [-0.39, 0.29) is 0 Å². The Balaban J connectivity index is 1.89. The standard InChI is InChI=1S/C10H12O4/c1-2-3-4-12-6-7-8(5-11)13-10-9(7)14-10/h5H,2-4,6H2,1H3. The summed E-state index contributed by atoms with van der Waals surface area (Å²) in [5, 5.41) is 0. The normalized spacial score (nSPS) is 12.1. The number of carbonyl (C=O) groups is 1. The number of rotatable bonds is 6. The van der Waals surface area contributed by atoms with Crippen molar-refractivity contribution < 1.29 is 18.7 Å². The SMILES string of the molecule is CCCCOCc1c(C=O)oc2c1O2. The van der Waals surface area contributed by atoms with Crippen molar-refractivity contribution in [2.24, 2.45) is 0 Å². The minimum atomic E-state index is 0.331. The van der Waals surface area contributed by atoms with Gasteiger partial charge in [0.25, 0.3) is 0 Å². The smallest absolute Gasteiger partial charge is 0.336 e. The van der Waals surface area contributed by atoms with E-state index < -0.39 is 0 Å². The zero-order valence-electron chi connectivity index (χ0n) is 8.04. The molecule has 14 heavy (non-hydrogen) atoms. The Labute approximate surface area is 81.8 Å². The van der Waals surface area contributed by atoms with Crippen LogP contribution in [0.1, 0.15) is 35.9 Å². The van der Waals surface area contributed by atoms with Crippen molar-refractivity contribution in [2.75, 3.05) is 6.61 Å². The maximum atomic E-state index is 10.6. The Bertz CT molecular complexity index is 340. The first-order valence-corrected chi connectivity index (χ1v) is 4.73. The van der Waals surface area contributed by atoms with Crippen molar-refractivity contribution in [3.63, 3.8) is 0 Å². The van der Waals surface area contributed by atoms with Gasteiger partial charge in [0.05, 0.1) is 12.2 Å². The lowest BCUT2D eigenvalue weighted by molar-refractivity contribution is 0.105. The molecule has 1 aromatic rings. The highest BCUT2D eigenvalue weighted by Crippen LogP contribution is 2.51. The molecule has 0 spiro atoms. The van der Waals surface area contributed by atoms with Crippen LogP contribution in [0.3, 0.4) is 0 Å². The summed E-state index contributed by atoms with van der Waals surface area (Å²) in [6, 6.07) is 0. The summed E-state index contributed by atoms with van der Waals surface area (Å²) < 4.78 is 15.4. The molecule has 0 saturated carbocycles. The molecule has 0 fully saturated rings. The van der Waals surface area contributed by atoms with Gasteiger partial charge in [-0.2, -0.15) is 0 Å². The van der Waals surface area contributed by atoms with Crippen molar-refractivity contribution in [1.29, 1.82) is 0 Å². The van der Waals surface area contributed by atoms with Crippen LogP contribution < -0.4 is 4.74 Å². The Kier molecular flexibility index (Phi) is 2.54. The average molecular weight is 196 g/mol. The molecule has 76 valence electrons. The van der Waals surface area contributed by atoms with Gasteiger partial charge in [0.2, 0.25) is 5.75 Å². The molecule has 0 aliphatic carbocycles. The first-order valence-electron chi connectivity index (χ1n) is 4.73. The van der Waals surface area contributed by atoms with Gasteiger partial charge >= 0.3 is 5.95 Å². The first kappa shape index (κ1) is 9.27. The fraction of sp³-hybridized carbons (Fsp3) is 0.500. The molecule has 4 heteroatoms. The zero-order chi connectivity index (χ0) is 9.97. The average Bonchev–Trinajstić information content (AvgIpc) is 2.88.